The van der Waals surface area contributed by atoms with E-state index in [1.54, 1.807) is 43.1 Å². The van der Waals surface area contributed by atoms with Crippen molar-refractivity contribution in [3.63, 3.8) is 0 Å². The Morgan fingerprint density at radius 3 is 2.67 bits per heavy atom. The van der Waals surface area contributed by atoms with Crippen molar-refractivity contribution >= 4 is 35.1 Å². The molecule has 0 saturated carbocycles. The maximum atomic E-state index is 12.6. The monoisotopic (exact) mass is 390 g/mol. The van der Waals surface area contributed by atoms with Gasteiger partial charge in [-0.2, -0.15) is 0 Å². The van der Waals surface area contributed by atoms with Gasteiger partial charge in [0.1, 0.15) is 5.69 Å². The Balaban J connectivity index is 2.29. The van der Waals surface area contributed by atoms with Gasteiger partial charge in [-0.15, -0.1) is 0 Å². The van der Waals surface area contributed by atoms with Crippen LogP contribution in [0.4, 0.5) is 11.6 Å². The van der Waals surface area contributed by atoms with Crippen molar-refractivity contribution in [3.05, 3.63) is 46.2 Å². The number of halogens is 1. The fourth-order valence-electron chi connectivity index (χ4n) is 2.41. The molecule has 0 radical (unpaired) electrons. The summed E-state index contributed by atoms with van der Waals surface area (Å²) in [6.07, 6.45) is 1.93. The minimum atomic E-state index is -0.478. The van der Waals surface area contributed by atoms with Crippen molar-refractivity contribution < 1.29 is 14.3 Å². The number of hydrogen-bond acceptors (Lipinski definition) is 6. The summed E-state index contributed by atoms with van der Waals surface area (Å²) in [5.41, 5.74) is 1.72. The molecule has 2 rings (SSSR count). The normalized spacial score (nSPS) is 10.4. The number of rotatable bonds is 7. The van der Waals surface area contributed by atoms with E-state index in [2.05, 4.69) is 22.2 Å². The van der Waals surface area contributed by atoms with Gasteiger partial charge in [0.15, 0.2) is 0 Å². The summed E-state index contributed by atoms with van der Waals surface area (Å²) in [6, 6.07) is 6.34. The number of methoxy groups -OCH3 is 1. The average molecular weight is 391 g/mol. The first-order chi connectivity index (χ1) is 12.8. The maximum absolute atomic E-state index is 12.6. The summed E-state index contributed by atoms with van der Waals surface area (Å²) in [4.78, 5) is 34.5. The molecule has 27 heavy (non-hydrogen) atoms. The zero-order valence-electron chi connectivity index (χ0n) is 15.9. The molecule has 8 heteroatoms. The van der Waals surface area contributed by atoms with Crippen molar-refractivity contribution in [1.82, 2.24) is 14.9 Å². The van der Waals surface area contributed by atoms with Gasteiger partial charge in [0.2, 0.25) is 5.95 Å². The van der Waals surface area contributed by atoms with Crippen LogP contribution in [-0.4, -0.2) is 47.4 Å². The van der Waals surface area contributed by atoms with Gasteiger partial charge in [-0.1, -0.05) is 24.9 Å². The molecule has 0 bridgehead atoms. The Labute approximate surface area is 163 Å². The summed E-state index contributed by atoms with van der Waals surface area (Å²) < 4.78 is 4.72. The van der Waals surface area contributed by atoms with E-state index in [0.717, 1.165) is 12.8 Å². The summed E-state index contributed by atoms with van der Waals surface area (Å²) in [5, 5.41) is 3.37. The van der Waals surface area contributed by atoms with Crippen LogP contribution in [0.1, 0.15) is 46.3 Å². The lowest BCUT2D eigenvalue weighted by molar-refractivity contribution is 0.0600. The smallest absolute Gasteiger partial charge is 0.337 e. The molecule has 0 atom stereocenters. The largest absolute Gasteiger partial charge is 0.465 e. The number of nitrogens with zero attached hydrogens (tertiary/aromatic N) is 3. The van der Waals surface area contributed by atoms with E-state index < -0.39 is 5.97 Å². The minimum absolute atomic E-state index is 0.175. The lowest BCUT2D eigenvalue weighted by atomic mass is 10.2. The Kier molecular flexibility index (Phi) is 7.12. The van der Waals surface area contributed by atoms with Gasteiger partial charge in [-0.3, -0.25) is 4.79 Å². The fourth-order valence-corrected chi connectivity index (χ4v) is 2.58. The van der Waals surface area contributed by atoms with Crippen LogP contribution in [-0.2, 0) is 4.74 Å². The zero-order valence-corrected chi connectivity index (χ0v) is 16.6. The third-order valence-corrected chi connectivity index (χ3v) is 4.23. The molecule has 1 heterocycles. The number of aryl methyl sites for hydroxylation is 1. The Bertz CT molecular complexity index is 842. The van der Waals surface area contributed by atoms with Crippen molar-refractivity contribution in [3.8, 4) is 0 Å². The molecule has 1 aromatic heterocycles. The number of anilines is 2. The van der Waals surface area contributed by atoms with E-state index in [1.807, 2.05) is 0 Å². The van der Waals surface area contributed by atoms with Gasteiger partial charge in [0.25, 0.3) is 5.91 Å². The number of amides is 1. The topological polar surface area (TPSA) is 84.4 Å². The summed E-state index contributed by atoms with van der Waals surface area (Å²) in [7, 11) is 3.06. The number of unbranched alkanes of at least 4 members (excludes halogenated alkanes) is 1. The number of hydrogen-bond donors (Lipinski definition) is 1. The second-order valence-electron chi connectivity index (χ2n) is 6.11. The summed E-state index contributed by atoms with van der Waals surface area (Å²) in [5.74, 6) is -0.425. The van der Waals surface area contributed by atoms with Crippen molar-refractivity contribution in [2.75, 3.05) is 26.0 Å². The Morgan fingerprint density at radius 2 is 2.00 bits per heavy atom. The SMILES string of the molecule is CCCCN(C)C(=O)c1cc(C)nc(Nc2cc(C(=O)OC)ccc2Cl)n1. The van der Waals surface area contributed by atoms with Gasteiger partial charge >= 0.3 is 5.97 Å². The first kappa shape index (κ1) is 20.6. The van der Waals surface area contributed by atoms with Crippen molar-refractivity contribution in [1.29, 1.82) is 0 Å². The standard InChI is InChI=1S/C19H23ClN4O3/c1-5-6-9-24(3)17(25)16-10-12(2)21-19(23-16)22-15-11-13(18(26)27-4)7-8-14(15)20/h7-8,10-11H,5-6,9H2,1-4H3,(H,21,22,23). The van der Waals surface area contributed by atoms with Crippen LogP contribution in [0, 0.1) is 6.92 Å². The van der Waals surface area contributed by atoms with Crippen LogP contribution >= 0.6 is 11.6 Å². The van der Waals surface area contributed by atoms with Crippen LogP contribution in [0.25, 0.3) is 0 Å². The fraction of sp³-hybridized carbons (Fsp3) is 0.368. The molecule has 7 nitrogen and oxygen atoms in total. The second-order valence-corrected chi connectivity index (χ2v) is 6.52. The van der Waals surface area contributed by atoms with Gasteiger partial charge in [-0.25, -0.2) is 14.8 Å². The molecular formula is C19H23ClN4O3. The number of carbonyl (C=O) groups is 2. The summed E-state index contributed by atoms with van der Waals surface area (Å²) in [6.45, 7) is 4.51. The molecular weight excluding hydrogens is 368 g/mol. The van der Waals surface area contributed by atoms with E-state index in [0.29, 0.717) is 34.2 Å². The molecule has 0 aliphatic rings. The highest BCUT2D eigenvalue weighted by Crippen LogP contribution is 2.26. The quantitative estimate of drug-likeness (QED) is 0.723. The van der Waals surface area contributed by atoms with Crippen LogP contribution in [0.3, 0.4) is 0 Å². The highest BCUT2D eigenvalue weighted by Gasteiger charge is 2.16. The summed E-state index contributed by atoms with van der Waals surface area (Å²) >= 11 is 6.20. The van der Waals surface area contributed by atoms with Crippen LogP contribution in [0.2, 0.25) is 5.02 Å². The highest BCUT2D eigenvalue weighted by atomic mass is 35.5. The predicted octanol–water partition coefficient (Wildman–Crippen LogP) is 3.84. The van der Waals surface area contributed by atoms with E-state index in [1.165, 1.54) is 7.11 Å². The molecule has 144 valence electrons. The third kappa shape index (κ3) is 5.40. The van der Waals surface area contributed by atoms with Crippen LogP contribution in [0.15, 0.2) is 24.3 Å². The third-order valence-electron chi connectivity index (χ3n) is 3.90. The molecule has 0 spiro atoms. The number of ether oxygens (including phenoxy) is 1. The minimum Gasteiger partial charge on any atom is -0.465 e. The second kappa shape index (κ2) is 9.32. The van der Waals surface area contributed by atoms with E-state index in [-0.39, 0.29) is 11.9 Å². The number of benzene rings is 1. The van der Waals surface area contributed by atoms with Gasteiger partial charge < -0.3 is 15.0 Å². The van der Waals surface area contributed by atoms with Gasteiger partial charge in [0.05, 0.1) is 23.4 Å². The van der Waals surface area contributed by atoms with Gasteiger partial charge in [0, 0.05) is 19.3 Å². The number of esters is 1. The van der Waals surface area contributed by atoms with Crippen molar-refractivity contribution in [2.45, 2.75) is 26.7 Å². The molecule has 0 fully saturated rings. The Hall–Kier alpha value is -2.67. The van der Waals surface area contributed by atoms with Crippen LogP contribution < -0.4 is 5.32 Å². The molecule has 2 aromatic rings. The molecule has 0 saturated heterocycles. The molecule has 0 aliphatic carbocycles. The Morgan fingerprint density at radius 1 is 1.26 bits per heavy atom. The molecule has 0 unspecified atom stereocenters. The van der Waals surface area contributed by atoms with Crippen LogP contribution in [0.5, 0.6) is 0 Å². The first-order valence-corrected chi connectivity index (χ1v) is 8.99. The molecule has 1 amide bonds. The van der Waals surface area contributed by atoms with E-state index in [9.17, 15) is 9.59 Å². The van der Waals surface area contributed by atoms with Gasteiger partial charge in [-0.05, 0) is 37.6 Å². The van der Waals surface area contributed by atoms with Crippen molar-refractivity contribution in [2.24, 2.45) is 0 Å². The highest BCUT2D eigenvalue weighted by molar-refractivity contribution is 6.33. The molecule has 0 aliphatic heterocycles. The number of carbonyl (C=O) groups excluding carboxylic acids is 2. The predicted molar refractivity (Wildman–Crippen MR) is 105 cm³/mol. The lowest BCUT2D eigenvalue weighted by Gasteiger charge is -2.17. The first-order valence-electron chi connectivity index (χ1n) is 8.61. The molecule has 1 aromatic carbocycles. The van der Waals surface area contributed by atoms with E-state index in [4.69, 9.17) is 16.3 Å². The lowest BCUT2D eigenvalue weighted by Crippen LogP contribution is -2.28. The average Bonchev–Trinajstić information content (AvgIpc) is 2.66. The van der Waals surface area contributed by atoms with E-state index >= 15 is 0 Å². The number of nitrogens with one attached hydrogen (secondary N) is 1. The number of aromatic nitrogens is 2. The maximum Gasteiger partial charge on any atom is 0.337 e. The molecule has 1 N–H and O–H groups in total. The zero-order chi connectivity index (χ0) is 20.0.